The van der Waals surface area contributed by atoms with Crippen LogP contribution in [0.4, 0.5) is 0 Å². The Morgan fingerprint density at radius 2 is 2.31 bits per heavy atom. The monoisotopic (exact) mass is 236 g/mol. The van der Waals surface area contributed by atoms with Crippen LogP contribution in [0.3, 0.4) is 0 Å². The number of imidazole rings is 1. The van der Waals surface area contributed by atoms with Crippen molar-refractivity contribution in [2.75, 3.05) is 0 Å². The van der Waals surface area contributed by atoms with Crippen molar-refractivity contribution in [3.63, 3.8) is 0 Å². The van der Waals surface area contributed by atoms with Gasteiger partial charge in [0.2, 0.25) is 0 Å². The number of halogens is 1. The molecule has 1 aromatic heterocycles. The van der Waals surface area contributed by atoms with E-state index in [1.807, 2.05) is 29.8 Å². The van der Waals surface area contributed by atoms with Crippen LogP contribution in [-0.2, 0) is 6.54 Å². The van der Waals surface area contributed by atoms with E-state index in [-0.39, 0.29) is 0 Å². The lowest BCUT2D eigenvalue weighted by Crippen LogP contribution is -2.08. The fraction of sp³-hybridized carbons (Fsp3) is 0.250. The van der Waals surface area contributed by atoms with Gasteiger partial charge >= 0.3 is 0 Å². The van der Waals surface area contributed by atoms with E-state index in [2.05, 4.69) is 4.98 Å². The lowest BCUT2D eigenvalue weighted by Gasteiger charge is -2.14. The fourth-order valence-corrected chi connectivity index (χ4v) is 1.93. The van der Waals surface area contributed by atoms with Gasteiger partial charge in [0.05, 0.1) is 19.0 Å². The maximum Gasteiger partial charge on any atom is 0.0971 e. The summed E-state index contributed by atoms with van der Waals surface area (Å²) in [6, 6.07) is 5.51. The number of aromatic nitrogens is 2. The number of hydrogen-bond acceptors (Lipinski definition) is 2. The predicted molar refractivity (Wildman–Crippen MR) is 63.4 cm³/mol. The number of aliphatic hydroxyl groups excluding tert-OH is 1. The molecule has 1 atom stereocenters. The molecule has 84 valence electrons. The van der Waals surface area contributed by atoms with Crippen molar-refractivity contribution in [2.45, 2.75) is 19.6 Å². The van der Waals surface area contributed by atoms with Crippen LogP contribution in [0.5, 0.6) is 0 Å². The van der Waals surface area contributed by atoms with Gasteiger partial charge in [0, 0.05) is 17.4 Å². The molecular weight excluding hydrogens is 224 g/mol. The third-order valence-corrected chi connectivity index (χ3v) is 2.77. The zero-order valence-electron chi connectivity index (χ0n) is 8.97. The van der Waals surface area contributed by atoms with Gasteiger partial charge in [-0.3, -0.25) is 0 Å². The van der Waals surface area contributed by atoms with E-state index in [0.717, 1.165) is 11.1 Å². The molecule has 0 saturated heterocycles. The van der Waals surface area contributed by atoms with Gasteiger partial charge in [-0.25, -0.2) is 4.98 Å². The van der Waals surface area contributed by atoms with E-state index in [4.69, 9.17) is 11.6 Å². The van der Waals surface area contributed by atoms with Crippen molar-refractivity contribution < 1.29 is 5.11 Å². The van der Waals surface area contributed by atoms with Crippen molar-refractivity contribution >= 4 is 11.6 Å². The zero-order chi connectivity index (χ0) is 11.5. The summed E-state index contributed by atoms with van der Waals surface area (Å²) in [6.07, 6.45) is 4.68. The number of nitrogens with zero attached hydrogens (tertiary/aromatic N) is 2. The number of aliphatic hydroxyl groups is 1. The Labute approximate surface area is 99.3 Å². The second kappa shape index (κ2) is 4.68. The van der Waals surface area contributed by atoms with Crippen LogP contribution in [-0.4, -0.2) is 14.7 Å². The quantitative estimate of drug-likeness (QED) is 0.890. The number of hydrogen-bond donors (Lipinski definition) is 1. The minimum Gasteiger partial charge on any atom is -0.387 e. The summed E-state index contributed by atoms with van der Waals surface area (Å²) >= 11 is 5.87. The molecule has 2 rings (SSSR count). The molecule has 1 N–H and O–H groups in total. The second-order valence-corrected chi connectivity index (χ2v) is 4.21. The molecule has 3 nitrogen and oxygen atoms in total. The van der Waals surface area contributed by atoms with Crippen molar-refractivity contribution in [2.24, 2.45) is 0 Å². The molecule has 1 aromatic carbocycles. The van der Waals surface area contributed by atoms with Gasteiger partial charge < -0.3 is 9.67 Å². The van der Waals surface area contributed by atoms with Crippen LogP contribution >= 0.6 is 11.6 Å². The summed E-state index contributed by atoms with van der Waals surface area (Å²) in [5.41, 5.74) is 1.90. The summed E-state index contributed by atoms with van der Waals surface area (Å²) in [5.74, 6) is 0. The normalized spacial score (nSPS) is 12.7. The van der Waals surface area contributed by atoms with Gasteiger partial charge in [0.1, 0.15) is 0 Å². The van der Waals surface area contributed by atoms with Crippen LogP contribution in [0.25, 0.3) is 0 Å². The molecule has 0 aliphatic rings. The molecule has 1 heterocycles. The first-order valence-corrected chi connectivity index (χ1v) is 5.44. The smallest absolute Gasteiger partial charge is 0.0971 e. The molecule has 0 bridgehead atoms. The van der Waals surface area contributed by atoms with E-state index in [0.29, 0.717) is 11.6 Å². The van der Waals surface area contributed by atoms with E-state index in [9.17, 15) is 5.11 Å². The molecule has 0 fully saturated rings. The Bertz CT molecular complexity index is 468. The van der Waals surface area contributed by atoms with Gasteiger partial charge in [-0.05, 0) is 30.2 Å². The Morgan fingerprint density at radius 1 is 1.50 bits per heavy atom. The van der Waals surface area contributed by atoms with Crippen LogP contribution < -0.4 is 0 Å². The van der Waals surface area contributed by atoms with Crippen molar-refractivity contribution in [3.8, 4) is 0 Å². The standard InChI is InChI=1S/C12H13ClN2O/c1-9-6-10(13)2-3-11(9)12(16)7-15-5-4-14-8-15/h2-6,8,12,16H,7H2,1H3. The Hall–Kier alpha value is -1.32. The Balaban J connectivity index is 2.17. The van der Waals surface area contributed by atoms with Crippen LogP contribution in [0.15, 0.2) is 36.9 Å². The van der Waals surface area contributed by atoms with Gasteiger partial charge in [-0.15, -0.1) is 0 Å². The second-order valence-electron chi connectivity index (χ2n) is 3.78. The summed E-state index contributed by atoms with van der Waals surface area (Å²) in [6.45, 7) is 2.45. The van der Waals surface area contributed by atoms with Gasteiger partial charge in [-0.1, -0.05) is 17.7 Å². The number of aryl methyl sites for hydroxylation is 1. The van der Waals surface area contributed by atoms with Crippen LogP contribution in [0.1, 0.15) is 17.2 Å². The minimum absolute atomic E-state index is 0.502. The molecule has 0 saturated carbocycles. The SMILES string of the molecule is Cc1cc(Cl)ccc1C(O)Cn1ccnc1. The Morgan fingerprint density at radius 3 is 2.94 bits per heavy atom. The first kappa shape index (κ1) is 11.2. The van der Waals surface area contributed by atoms with Gasteiger partial charge in [-0.2, -0.15) is 0 Å². The van der Waals surface area contributed by atoms with E-state index >= 15 is 0 Å². The molecule has 2 aromatic rings. The molecule has 0 spiro atoms. The average molecular weight is 237 g/mol. The number of rotatable bonds is 3. The summed E-state index contributed by atoms with van der Waals surface area (Å²) in [4.78, 5) is 3.94. The molecule has 0 radical (unpaired) electrons. The number of benzene rings is 1. The van der Waals surface area contributed by atoms with Crippen molar-refractivity contribution in [3.05, 3.63) is 53.1 Å². The lowest BCUT2D eigenvalue weighted by molar-refractivity contribution is 0.156. The molecule has 0 amide bonds. The summed E-state index contributed by atoms with van der Waals surface area (Å²) in [5, 5.41) is 10.8. The van der Waals surface area contributed by atoms with E-state index in [1.165, 1.54) is 0 Å². The highest BCUT2D eigenvalue weighted by atomic mass is 35.5. The molecule has 4 heteroatoms. The minimum atomic E-state index is -0.536. The Kier molecular flexibility index (Phi) is 3.27. The first-order valence-electron chi connectivity index (χ1n) is 5.06. The molecule has 16 heavy (non-hydrogen) atoms. The molecule has 0 aliphatic carbocycles. The van der Waals surface area contributed by atoms with Crippen LogP contribution in [0, 0.1) is 6.92 Å². The van der Waals surface area contributed by atoms with Gasteiger partial charge in [0.15, 0.2) is 0 Å². The topological polar surface area (TPSA) is 38.0 Å². The summed E-state index contributed by atoms with van der Waals surface area (Å²) < 4.78 is 1.85. The highest BCUT2D eigenvalue weighted by molar-refractivity contribution is 6.30. The maximum atomic E-state index is 10.1. The average Bonchev–Trinajstić information content (AvgIpc) is 2.70. The largest absolute Gasteiger partial charge is 0.387 e. The maximum absolute atomic E-state index is 10.1. The highest BCUT2D eigenvalue weighted by Gasteiger charge is 2.10. The van der Waals surface area contributed by atoms with Crippen molar-refractivity contribution in [1.82, 2.24) is 9.55 Å². The van der Waals surface area contributed by atoms with Crippen LogP contribution in [0.2, 0.25) is 5.02 Å². The first-order chi connectivity index (χ1) is 7.66. The molecule has 1 unspecified atom stereocenters. The third-order valence-electron chi connectivity index (χ3n) is 2.53. The predicted octanol–water partition coefficient (Wildman–Crippen LogP) is 2.58. The summed E-state index contributed by atoms with van der Waals surface area (Å²) in [7, 11) is 0. The molecular formula is C12H13ClN2O. The van der Waals surface area contributed by atoms with Crippen molar-refractivity contribution in [1.29, 1.82) is 0 Å². The third kappa shape index (κ3) is 2.43. The van der Waals surface area contributed by atoms with Gasteiger partial charge in [0.25, 0.3) is 0 Å². The van der Waals surface area contributed by atoms with E-state index < -0.39 is 6.10 Å². The highest BCUT2D eigenvalue weighted by Crippen LogP contribution is 2.22. The lowest BCUT2D eigenvalue weighted by atomic mass is 10.0. The fourth-order valence-electron chi connectivity index (χ4n) is 1.71. The van der Waals surface area contributed by atoms with E-state index in [1.54, 1.807) is 18.6 Å². The molecule has 0 aliphatic heterocycles. The zero-order valence-corrected chi connectivity index (χ0v) is 9.72.